The van der Waals surface area contributed by atoms with Crippen LogP contribution in [-0.4, -0.2) is 57.1 Å². The summed E-state index contributed by atoms with van der Waals surface area (Å²) in [5.74, 6) is -0.498. The molecule has 6 heteroatoms. The van der Waals surface area contributed by atoms with Gasteiger partial charge in [-0.15, -0.1) is 0 Å². The first-order valence-electron chi connectivity index (χ1n) is 4.31. The highest BCUT2D eigenvalue weighted by Gasteiger charge is 2.08. The molecule has 0 aliphatic heterocycles. The van der Waals surface area contributed by atoms with Crippen LogP contribution < -0.4 is 11.1 Å². The number of hydrogen-bond acceptors (Lipinski definition) is 4. The Morgan fingerprint density at radius 3 is 2.64 bits per heavy atom. The highest BCUT2D eigenvalue weighted by molar-refractivity contribution is 5.85. The third-order valence-electron chi connectivity index (χ3n) is 1.68. The van der Waals surface area contributed by atoms with E-state index in [1.54, 1.807) is 14.2 Å². The number of hydrogen-bond donors (Lipinski definition) is 2. The number of likely N-dealkylation sites (N-methyl/N-ethyl adjacent to an activating group) is 1. The Labute approximate surface area is 83.4 Å². The van der Waals surface area contributed by atoms with Crippen LogP contribution in [0.15, 0.2) is 0 Å². The van der Waals surface area contributed by atoms with Crippen molar-refractivity contribution in [1.29, 1.82) is 0 Å². The van der Waals surface area contributed by atoms with Crippen molar-refractivity contribution in [2.24, 2.45) is 5.73 Å². The molecule has 2 amide bonds. The van der Waals surface area contributed by atoms with Crippen molar-refractivity contribution in [3.05, 3.63) is 0 Å². The standard InChI is InChI=1S/C8H17N3O3/c1-11(3-4-14-2)8(13)6-10-7(12)5-9/h3-6,9H2,1-2H3,(H,10,12). The lowest BCUT2D eigenvalue weighted by molar-refractivity contribution is -0.131. The summed E-state index contributed by atoms with van der Waals surface area (Å²) in [4.78, 5) is 23.5. The molecular weight excluding hydrogens is 186 g/mol. The first-order chi connectivity index (χ1) is 6.61. The molecule has 0 aromatic heterocycles. The maximum Gasteiger partial charge on any atom is 0.241 e. The van der Waals surface area contributed by atoms with Crippen molar-refractivity contribution >= 4 is 11.8 Å². The quantitative estimate of drug-likeness (QED) is 0.531. The molecule has 0 rings (SSSR count). The monoisotopic (exact) mass is 203 g/mol. The molecule has 0 aromatic carbocycles. The zero-order valence-electron chi connectivity index (χ0n) is 8.58. The second kappa shape index (κ2) is 7.28. The van der Waals surface area contributed by atoms with Crippen molar-refractivity contribution in [1.82, 2.24) is 10.2 Å². The number of nitrogens with zero attached hydrogens (tertiary/aromatic N) is 1. The number of amides is 2. The summed E-state index contributed by atoms with van der Waals surface area (Å²) in [7, 11) is 3.21. The summed E-state index contributed by atoms with van der Waals surface area (Å²) >= 11 is 0. The summed E-state index contributed by atoms with van der Waals surface area (Å²) in [5, 5.41) is 2.39. The molecule has 0 spiro atoms. The van der Waals surface area contributed by atoms with Gasteiger partial charge < -0.3 is 20.7 Å². The molecule has 0 atom stereocenters. The van der Waals surface area contributed by atoms with Crippen molar-refractivity contribution in [3.63, 3.8) is 0 Å². The van der Waals surface area contributed by atoms with Crippen LogP contribution in [0.2, 0.25) is 0 Å². The van der Waals surface area contributed by atoms with Crippen LogP contribution >= 0.6 is 0 Å². The van der Waals surface area contributed by atoms with Crippen molar-refractivity contribution in [2.75, 3.05) is 40.4 Å². The van der Waals surface area contributed by atoms with Gasteiger partial charge in [0.25, 0.3) is 0 Å². The Balaban J connectivity index is 3.67. The average Bonchev–Trinajstić information content (AvgIpc) is 2.21. The van der Waals surface area contributed by atoms with Crippen LogP contribution in [0.1, 0.15) is 0 Å². The lowest BCUT2D eigenvalue weighted by Gasteiger charge is -2.16. The van der Waals surface area contributed by atoms with E-state index in [1.165, 1.54) is 4.90 Å². The lowest BCUT2D eigenvalue weighted by Crippen LogP contribution is -2.41. The molecule has 0 radical (unpaired) electrons. The van der Waals surface area contributed by atoms with Gasteiger partial charge in [0, 0.05) is 20.7 Å². The van der Waals surface area contributed by atoms with E-state index in [2.05, 4.69) is 5.32 Å². The molecule has 0 saturated heterocycles. The number of carbonyl (C=O) groups is 2. The smallest absolute Gasteiger partial charge is 0.241 e. The minimum atomic E-state index is -0.335. The maximum absolute atomic E-state index is 11.3. The molecule has 0 bridgehead atoms. The van der Waals surface area contributed by atoms with E-state index < -0.39 is 0 Å². The minimum Gasteiger partial charge on any atom is -0.383 e. The molecule has 0 fully saturated rings. The Morgan fingerprint density at radius 1 is 1.50 bits per heavy atom. The zero-order chi connectivity index (χ0) is 11.0. The van der Waals surface area contributed by atoms with E-state index in [1.807, 2.05) is 0 Å². The largest absolute Gasteiger partial charge is 0.383 e. The Bertz CT molecular complexity index is 196. The Hall–Kier alpha value is -1.14. The minimum absolute atomic E-state index is 0.0176. The highest BCUT2D eigenvalue weighted by Crippen LogP contribution is 1.83. The molecule has 0 heterocycles. The first kappa shape index (κ1) is 12.9. The van der Waals surface area contributed by atoms with E-state index >= 15 is 0 Å². The number of nitrogens with one attached hydrogen (secondary N) is 1. The van der Waals surface area contributed by atoms with E-state index in [-0.39, 0.29) is 24.9 Å². The fourth-order valence-electron chi connectivity index (χ4n) is 0.734. The SMILES string of the molecule is COCCN(C)C(=O)CNC(=O)CN. The molecule has 0 unspecified atom stereocenters. The molecule has 0 saturated carbocycles. The Morgan fingerprint density at radius 2 is 2.14 bits per heavy atom. The molecule has 3 N–H and O–H groups in total. The average molecular weight is 203 g/mol. The van der Waals surface area contributed by atoms with Crippen LogP contribution in [0.3, 0.4) is 0 Å². The number of rotatable bonds is 6. The summed E-state index contributed by atoms with van der Waals surface area (Å²) in [6.07, 6.45) is 0. The molecule has 6 nitrogen and oxygen atoms in total. The van der Waals surface area contributed by atoms with E-state index in [0.29, 0.717) is 13.2 Å². The van der Waals surface area contributed by atoms with Crippen LogP contribution in [0, 0.1) is 0 Å². The first-order valence-corrected chi connectivity index (χ1v) is 4.31. The van der Waals surface area contributed by atoms with Gasteiger partial charge in [0.15, 0.2) is 0 Å². The summed E-state index contributed by atoms with van der Waals surface area (Å²) in [6.45, 7) is 0.867. The maximum atomic E-state index is 11.3. The van der Waals surface area contributed by atoms with E-state index in [9.17, 15) is 9.59 Å². The van der Waals surface area contributed by atoms with Gasteiger partial charge in [-0.2, -0.15) is 0 Å². The van der Waals surface area contributed by atoms with Gasteiger partial charge in [-0.25, -0.2) is 0 Å². The molecule has 0 aliphatic carbocycles. The van der Waals surface area contributed by atoms with Gasteiger partial charge in [0.05, 0.1) is 19.7 Å². The second-order valence-electron chi connectivity index (χ2n) is 2.79. The fourth-order valence-corrected chi connectivity index (χ4v) is 0.734. The van der Waals surface area contributed by atoms with Gasteiger partial charge >= 0.3 is 0 Å². The van der Waals surface area contributed by atoms with E-state index in [0.717, 1.165) is 0 Å². The topological polar surface area (TPSA) is 84.7 Å². The lowest BCUT2D eigenvalue weighted by atomic mass is 10.4. The molecule has 0 aliphatic rings. The predicted octanol–water partition coefficient (Wildman–Crippen LogP) is -1.83. The van der Waals surface area contributed by atoms with Gasteiger partial charge in [-0.05, 0) is 0 Å². The van der Waals surface area contributed by atoms with Gasteiger partial charge in [0.1, 0.15) is 0 Å². The number of nitrogens with two attached hydrogens (primary N) is 1. The van der Waals surface area contributed by atoms with Gasteiger partial charge in [0.2, 0.25) is 11.8 Å². The summed E-state index contributed by atoms with van der Waals surface area (Å²) in [5.41, 5.74) is 5.06. The molecule has 82 valence electrons. The number of ether oxygens (including phenoxy) is 1. The van der Waals surface area contributed by atoms with Gasteiger partial charge in [-0.3, -0.25) is 9.59 Å². The molecular formula is C8H17N3O3. The van der Waals surface area contributed by atoms with Crippen molar-refractivity contribution in [2.45, 2.75) is 0 Å². The highest BCUT2D eigenvalue weighted by atomic mass is 16.5. The third kappa shape index (κ3) is 5.50. The Kier molecular flexibility index (Phi) is 6.69. The number of methoxy groups -OCH3 is 1. The normalized spacial score (nSPS) is 9.64. The fraction of sp³-hybridized carbons (Fsp3) is 0.750. The van der Waals surface area contributed by atoms with Crippen molar-refractivity contribution < 1.29 is 14.3 Å². The van der Waals surface area contributed by atoms with Crippen LogP contribution in [-0.2, 0) is 14.3 Å². The summed E-state index contributed by atoms with van der Waals surface area (Å²) < 4.78 is 4.81. The molecule has 14 heavy (non-hydrogen) atoms. The predicted molar refractivity (Wildman–Crippen MR) is 51.6 cm³/mol. The van der Waals surface area contributed by atoms with Crippen LogP contribution in [0.4, 0.5) is 0 Å². The van der Waals surface area contributed by atoms with Crippen LogP contribution in [0.5, 0.6) is 0 Å². The van der Waals surface area contributed by atoms with Crippen molar-refractivity contribution in [3.8, 4) is 0 Å². The number of carbonyl (C=O) groups excluding carboxylic acids is 2. The zero-order valence-corrected chi connectivity index (χ0v) is 8.58. The molecule has 0 aromatic rings. The van der Waals surface area contributed by atoms with E-state index in [4.69, 9.17) is 10.5 Å². The third-order valence-corrected chi connectivity index (χ3v) is 1.68. The second-order valence-corrected chi connectivity index (χ2v) is 2.79. The van der Waals surface area contributed by atoms with Crippen LogP contribution in [0.25, 0.3) is 0 Å². The summed E-state index contributed by atoms with van der Waals surface area (Å²) in [6, 6.07) is 0. The van der Waals surface area contributed by atoms with Gasteiger partial charge in [-0.1, -0.05) is 0 Å².